The van der Waals surface area contributed by atoms with Crippen LogP contribution in [0.25, 0.3) is 0 Å². The maximum absolute atomic E-state index is 13.8. The summed E-state index contributed by atoms with van der Waals surface area (Å²) in [6.07, 6.45) is 0. The van der Waals surface area contributed by atoms with Crippen LogP contribution < -0.4 is 9.47 Å². The zero-order valence-corrected chi connectivity index (χ0v) is 17.1. The van der Waals surface area contributed by atoms with E-state index in [0.717, 1.165) is 0 Å². The summed E-state index contributed by atoms with van der Waals surface area (Å²) in [6.45, 7) is 2.35. The van der Waals surface area contributed by atoms with E-state index in [0.29, 0.717) is 49.8 Å². The summed E-state index contributed by atoms with van der Waals surface area (Å²) in [5.74, 6) is -0.560. The largest absolute Gasteiger partial charge is 0.496 e. The van der Waals surface area contributed by atoms with Gasteiger partial charge in [-0.3, -0.25) is 9.69 Å². The zero-order chi connectivity index (χ0) is 21.5. The molecule has 1 heterocycles. The quantitative estimate of drug-likeness (QED) is 0.646. The number of hydrogen-bond donors (Lipinski definition) is 0. The number of rotatable bonds is 7. The molecule has 2 aromatic carbocycles. The molecule has 0 spiro atoms. The van der Waals surface area contributed by atoms with E-state index >= 15 is 0 Å². The first-order chi connectivity index (χ1) is 14.5. The average Bonchev–Trinajstić information content (AvgIpc) is 2.78. The van der Waals surface area contributed by atoms with E-state index in [2.05, 4.69) is 4.90 Å². The fraction of sp³-hybridized carbons (Fsp3) is 0.364. The SMILES string of the molecule is COc1cccc(OC)c1C(=O)OCC(=O)N1CCN(Cc2ccccc2F)CC1. The molecule has 0 saturated carbocycles. The molecule has 0 aromatic heterocycles. The third-order valence-corrected chi connectivity index (χ3v) is 5.04. The molecule has 8 heteroatoms. The van der Waals surface area contributed by atoms with Crippen molar-refractivity contribution in [1.29, 1.82) is 0 Å². The number of esters is 1. The third kappa shape index (κ3) is 5.07. The van der Waals surface area contributed by atoms with Crippen LogP contribution in [0.2, 0.25) is 0 Å². The van der Waals surface area contributed by atoms with Crippen LogP contribution in [0.3, 0.4) is 0 Å². The maximum atomic E-state index is 13.8. The molecular weight excluding hydrogens is 391 g/mol. The molecule has 1 saturated heterocycles. The van der Waals surface area contributed by atoms with Crippen molar-refractivity contribution in [2.24, 2.45) is 0 Å². The van der Waals surface area contributed by atoms with Gasteiger partial charge >= 0.3 is 5.97 Å². The van der Waals surface area contributed by atoms with Gasteiger partial charge in [-0.1, -0.05) is 24.3 Å². The Morgan fingerprint density at radius 2 is 1.57 bits per heavy atom. The summed E-state index contributed by atoms with van der Waals surface area (Å²) in [5.41, 5.74) is 0.780. The molecule has 7 nitrogen and oxygen atoms in total. The van der Waals surface area contributed by atoms with E-state index in [1.807, 2.05) is 6.07 Å². The minimum absolute atomic E-state index is 0.144. The van der Waals surface area contributed by atoms with Crippen molar-refractivity contribution in [1.82, 2.24) is 9.80 Å². The summed E-state index contributed by atoms with van der Waals surface area (Å²) in [6, 6.07) is 11.6. The van der Waals surface area contributed by atoms with Crippen LogP contribution in [0, 0.1) is 5.82 Å². The highest BCUT2D eigenvalue weighted by Crippen LogP contribution is 2.28. The molecule has 1 fully saturated rings. The van der Waals surface area contributed by atoms with Gasteiger partial charge in [-0.25, -0.2) is 9.18 Å². The number of amides is 1. The molecule has 0 atom stereocenters. The number of methoxy groups -OCH3 is 2. The lowest BCUT2D eigenvalue weighted by molar-refractivity contribution is -0.136. The molecule has 0 unspecified atom stereocenters. The second-order valence-corrected chi connectivity index (χ2v) is 6.86. The lowest BCUT2D eigenvalue weighted by Gasteiger charge is -2.34. The molecule has 0 aliphatic carbocycles. The Balaban J connectivity index is 1.51. The van der Waals surface area contributed by atoms with Gasteiger partial charge in [0.05, 0.1) is 14.2 Å². The van der Waals surface area contributed by atoms with Gasteiger partial charge in [-0.2, -0.15) is 0 Å². The van der Waals surface area contributed by atoms with E-state index in [1.54, 1.807) is 35.2 Å². The van der Waals surface area contributed by atoms with Crippen molar-refractivity contribution in [2.45, 2.75) is 6.54 Å². The number of benzene rings is 2. The first-order valence-electron chi connectivity index (χ1n) is 9.65. The second kappa shape index (κ2) is 10.1. The number of carbonyl (C=O) groups excluding carboxylic acids is 2. The molecule has 1 amide bonds. The fourth-order valence-corrected chi connectivity index (χ4v) is 3.37. The lowest BCUT2D eigenvalue weighted by atomic mass is 10.2. The van der Waals surface area contributed by atoms with Crippen molar-refractivity contribution in [2.75, 3.05) is 47.0 Å². The van der Waals surface area contributed by atoms with Crippen LogP contribution in [0.1, 0.15) is 15.9 Å². The van der Waals surface area contributed by atoms with Gasteiger partial charge in [0.15, 0.2) is 6.61 Å². The molecule has 160 valence electrons. The van der Waals surface area contributed by atoms with Crippen molar-refractivity contribution in [3.05, 3.63) is 59.4 Å². The van der Waals surface area contributed by atoms with Crippen molar-refractivity contribution < 1.29 is 28.2 Å². The van der Waals surface area contributed by atoms with Crippen molar-refractivity contribution in [3.8, 4) is 11.5 Å². The Morgan fingerprint density at radius 3 is 2.17 bits per heavy atom. The van der Waals surface area contributed by atoms with Crippen LogP contribution in [0.4, 0.5) is 4.39 Å². The van der Waals surface area contributed by atoms with Gasteiger partial charge in [-0.05, 0) is 18.2 Å². The molecule has 2 aromatic rings. The summed E-state index contributed by atoms with van der Waals surface area (Å²) in [5, 5.41) is 0. The van der Waals surface area contributed by atoms with Crippen LogP contribution in [-0.4, -0.2) is 68.7 Å². The van der Waals surface area contributed by atoms with Crippen LogP contribution in [0.15, 0.2) is 42.5 Å². The number of ether oxygens (including phenoxy) is 3. The van der Waals surface area contributed by atoms with Crippen LogP contribution >= 0.6 is 0 Å². The van der Waals surface area contributed by atoms with Gasteiger partial charge in [0, 0.05) is 38.3 Å². The second-order valence-electron chi connectivity index (χ2n) is 6.86. The van der Waals surface area contributed by atoms with E-state index in [-0.39, 0.29) is 23.9 Å². The van der Waals surface area contributed by atoms with Gasteiger partial charge in [-0.15, -0.1) is 0 Å². The maximum Gasteiger partial charge on any atom is 0.346 e. The van der Waals surface area contributed by atoms with Crippen LogP contribution in [0.5, 0.6) is 11.5 Å². The van der Waals surface area contributed by atoms with Gasteiger partial charge in [0.2, 0.25) is 0 Å². The molecule has 1 aliphatic rings. The summed E-state index contributed by atoms with van der Waals surface area (Å²) >= 11 is 0. The minimum Gasteiger partial charge on any atom is -0.496 e. The number of carbonyl (C=O) groups is 2. The summed E-state index contributed by atoms with van der Waals surface area (Å²) in [7, 11) is 2.88. The van der Waals surface area contributed by atoms with E-state index < -0.39 is 5.97 Å². The average molecular weight is 416 g/mol. The highest BCUT2D eigenvalue weighted by molar-refractivity contribution is 5.96. The molecule has 3 rings (SSSR count). The molecule has 30 heavy (non-hydrogen) atoms. The van der Waals surface area contributed by atoms with Gasteiger partial charge in [0.1, 0.15) is 22.9 Å². The normalized spacial score (nSPS) is 14.3. The van der Waals surface area contributed by atoms with Crippen LogP contribution in [-0.2, 0) is 16.1 Å². The molecule has 0 N–H and O–H groups in total. The number of hydrogen-bond acceptors (Lipinski definition) is 6. The van der Waals surface area contributed by atoms with Crippen molar-refractivity contribution >= 4 is 11.9 Å². The molecule has 0 radical (unpaired) electrons. The number of piperazine rings is 1. The lowest BCUT2D eigenvalue weighted by Crippen LogP contribution is -2.49. The minimum atomic E-state index is -0.684. The fourth-order valence-electron chi connectivity index (χ4n) is 3.37. The predicted molar refractivity (Wildman–Crippen MR) is 108 cm³/mol. The molecular formula is C22H25FN2O5. The predicted octanol–water partition coefficient (Wildman–Crippen LogP) is 2.34. The Labute approximate surface area is 174 Å². The Morgan fingerprint density at radius 1 is 0.933 bits per heavy atom. The number of nitrogens with zero attached hydrogens (tertiary/aromatic N) is 2. The standard InChI is InChI=1S/C22H25FN2O5/c1-28-18-8-5-9-19(29-2)21(18)22(27)30-15-20(26)25-12-10-24(11-13-25)14-16-6-3-4-7-17(16)23/h3-9H,10-15H2,1-2H3. The third-order valence-electron chi connectivity index (χ3n) is 5.04. The molecule has 1 aliphatic heterocycles. The Hall–Kier alpha value is -3.13. The van der Waals surface area contributed by atoms with Gasteiger partial charge in [0.25, 0.3) is 5.91 Å². The Bertz CT molecular complexity index is 875. The van der Waals surface area contributed by atoms with Crippen molar-refractivity contribution in [3.63, 3.8) is 0 Å². The number of halogens is 1. The highest BCUT2D eigenvalue weighted by Gasteiger charge is 2.25. The highest BCUT2D eigenvalue weighted by atomic mass is 19.1. The zero-order valence-electron chi connectivity index (χ0n) is 17.1. The van der Waals surface area contributed by atoms with E-state index in [4.69, 9.17) is 14.2 Å². The Kier molecular flexibility index (Phi) is 7.24. The first kappa shape index (κ1) is 21.6. The molecule has 0 bridgehead atoms. The first-order valence-corrected chi connectivity index (χ1v) is 9.65. The van der Waals surface area contributed by atoms with E-state index in [1.165, 1.54) is 20.3 Å². The monoisotopic (exact) mass is 416 g/mol. The smallest absolute Gasteiger partial charge is 0.346 e. The van der Waals surface area contributed by atoms with E-state index in [9.17, 15) is 14.0 Å². The topological polar surface area (TPSA) is 68.3 Å². The van der Waals surface area contributed by atoms with Gasteiger partial charge < -0.3 is 19.1 Å². The summed E-state index contributed by atoms with van der Waals surface area (Å²) < 4.78 is 29.4. The summed E-state index contributed by atoms with van der Waals surface area (Å²) in [4.78, 5) is 28.7.